The van der Waals surface area contributed by atoms with Crippen LogP contribution in [0.3, 0.4) is 0 Å². The predicted molar refractivity (Wildman–Crippen MR) is 130 cm³/mol. The van der Waals surface area contributed by atoms with E-state index in [4.69, 9.17) is 14.2 Å². The number of esters is 1. The molecule has 2 fully saturated rings. The highest BCUT2D eigenvalue weighted by molar-refractivity contribution is 5.92. The fourth-order valence-electron chi connectivity index (χ4n) is 4.73. The summed E-state index contributed by atoms with van der Waals surface area (Å²) in [6.45, 7) is 7.59. The lowest BCUT2D eigenvalue weighted by Crippen LogP contribution is -2.60. The molecular weight excluding hydrogens is 448 g/mol. The van der Waals surface area contributed by atoms with E-state index in [-0.39, 0.29) is 24.3 Å². The lowest BCUT2D eigenvalue weighted by Gasteiger charge is -2.39. The Bertz CT molecular complexity index is 1130. The summed E-state index contributed by atoms with van der Waals surface area (Å²) in [5.74, 6) is 0.447. The number of methoxy groups -OCH3 is 1. The summed E-state index contributed by atoms with van der Waals surface area (Å²) in [6, 6.07) is 4.05. The van der Waals surface area contributed by atoms with Crippen LogP contribution < -0.4 is 15.0 Å². The third-order valence-corrected chi connectivity index (χ3v) is 6.74. The van der Waals surface area contributed by atoms with Gasteiger partial charge in [-0.15, -0.1) is 0 Å². The molecule has 1 aliphatic carbocycles. The first-order valence-corrected chi connectivity index (χ1v) is 12.4. The van der Waals surface area contributed by atoms with Gasteiger partial charge in [0.25, 0.3) is 0 Å². The van der Waals surface area contributed by atoms with Crippen LogP contribution in [0.2, 0.25) is 0 Å². The van der Waals surface area contributed by atoms with Crippen LogP contribution in [0.15, 0.2) is 24.5 Å². The summed E-state index contributed by atoms with van der Waals surface area (Å²) in [7, 11) is 1.40. The Morgan fingerprint density at radius 2 is 1.91 bits per heavy atom. The van der Waals surface area contributed by atoms with Crippen LogP contribution >= 0.6 is 0 Å². The standard InChI is InChI=1S/C26H34N4O5/c1-15-6-9-19-21(30(15)25(32)33-5)11-10-18(16-13-27-29(14-16)17-7-8-17)23(19)34-22-12-20(28-22)24(31)35-26(2,3)4/h10-11,13-15,17,20,22,28H,6-9,12H2,1-5H3/t15-,20?,22?/m0/s1. The summed E-state index contributed by atoms with van der Waals surface area (Å²) in [5, 5.41) is 7.76. The van der Waals surface area contributed by atoms with Crippen LogP contribution in [0.4, 0.5) is 10.5 Å². The summed E-state index contributed by atoms with van der Waals surface area (Å²) in [6.07, 6.45) is 7.59. The Morgan fingerprint density at radius 1 is 1.17 bits per heavy atom. The number of nitrogens with one attached hydrogen (secondary N) is 1. The molecule has 2 unspecified atom stereocenters. The van der Waals surface area contributed by atoms with Gasteiger partial charge in [0.05, 0.1) is 25.0 Å². The number of rotatable bonds is 5. The average Bonchev–Trinajstić information content (AvgIpc) is 3.50. The molecule has 1 saturated heterocycles. The van der Waals surface area contributed by atoms with Gasteiger partial charge in [0.15, 0.2) is 6.23 Å². The Hall–Kier alpha value is -3.07. The Morgan fingerprint density at radius 3 is 2.57 bits per heavy atom. The normalized spacial score (nSPS) is 23.8. The van der Waals surface area contributed by atoms with Crippen molar-refractivity contribution >= 4 is 17.7 Å². The number of carbonyl (C=O) groups is 2. The largest absolute Gasteiger partial charge is 0.474 e. The minimum Gasteiger partial charge on any atom is -0.474 e. The summed E-state index contributed by atoms with van der Waals surface area (Å²) in [5.41, 5.74) is 3.13. The van der Waals surface area contributed by atoms with E-state index >= 15 is 0 Å². The van der Waals surface area contributed by atoms with Gasteiger partial charge >= 0.3 is 12.1 Å². The van der Waals surface area contributed by atoms with Gasteiger partial charge in [-0.2, -0.15) is 5.10 Å². The number of anilines is 1. The van der Waals surface area contributed by atoms with Gasteiger partial charge in [-0.25, -0.2) is 4.79 Å². The van der Waals surface area contributed by atoms with Crippen molar-refractivity contribution in [1.29, 1.82) is 0 Å². The molecule has 1 N–H and O–H groups in total. The lowest BCUT2D eigenvalue weighted by molar-refractivity contribution is -0.163. The van der Waals surface area contributed by atoms with Crippen molar-refractivity contribution in [1.82, 2.24) is 15.1 Å². The second-order valence-electron chi connectivity index (χ2n) is 10.7. The van der Waals surface area contributed by atoms with Crippen molar-refractivity contribution in [3.8, 4) is 16.9 Å². The van der Waals surface area contributed by atoms with Gasteiger partial charge in [0, 0.05) is 35.3 Å². The highest BCUT2D eigenvalue weighted by Gasteiger charge is 2.40. The van der Waals surface area contributed by atoms with Crippen LogP contribution in [-0.2, 0) is 20.7 Å². The monoisotopic (exact) mass is 482 g/mol. The number of aromatic nitrogens is 2. The number of benzene rings is 1. The first-order valence-electron chi connectivity index (χ1n) is 12.4. The van der Waals surface area contributed by atoms with Crippen molar-refractivity contribution in [2.45, 2.75) is 89.8 Å². The minimum absolute atomic E-state index is 0.0182. The molecule has 1 aromatic heterocycles. The molecule has 3 atom stereocenters. The van der Waals surface area contributed by atoms with Gasteiger partial charge in [-0.05, 0) is 65.5 Å². The number of hydrogen-bond acceptors (Lipinski definition) is 7. The van der Waals surface area contributed by atoms with Gasteiger partial charge in [0.1, 0.15) is 17.4 Å². The highest BCUT2D eigenvalue weighted by atomic mass is 16.6. The van der Waals surface area contributed by atoms with E-state index < -0.39 is 11.6 Å². The maximum atomic E-state index is 12.6. The van der Waals surface area contributed by atoms with E-state index in [2.05, 4.69) is 16.6 Å². The van der Waals surface area contributed by atoms with Gasteiger partial charge in [-0.3, -0.25) is 19.7 Å². The quantitative estimate of drug-likeness (QED) is 0.638. The third-order valence-electron chi connectivity index (χ3n) is 6.74. The molecule has 1 saturated carbocycles. The molecular formula is C26H34N4O5. The van der Waals surface area contributed by atoms with Crippen LogP contribution in [0.1, 0.15) is 65.0 Å². The zero-order chi connectivity index (χ0) is 24.9. The lowest BCUT2D eigenvalue weighted by atomic mass is 9.92. The SMILES string of the molecule is COC(=O)N1c2ccc(-c3cnn(C4CC4)c3)c(OC3CC(C(=O)OC(C)(C)C)N3)c2CC[C@@H]1C. The van der Waals surface area contributed by atoms with Crippen molar-refractivity contribution in [2.75, 3.05) is 12.0 Å². The number of nitrogens with zero attached hydrogens (tertiary/aromatic N) is 3. The molecule has 0 radical (unpaired) electrons. The molecule has 2 aromatic rings. The molecule has 3 aliphatic rings. The van der Waals surface area contributed by atoms with Crippen molar-refractivity contribution < 1.29 is 23.8 Å². The Labute approximate surface area is 205 Å². The first-order chi connectivity index (χ1) is 16.6. The van der Waals surface area contributed by atoms with Crippen LogP contribution in [0.5, 0.6) is 5.75 Å². The van der Waals surface area contributed by atoms with Crippen molar-refractivity contribution in [2.24, 2.45) is 0 Å². The van der Waals surface area contributed by atoms with Crippen molar-refractivity contribution in [3.05, 3.63) is 30.1 Å². The molecule has 9 heteroatoms. The fraction of sp³-hybridized carbons (Fsp3) is 0.577. The van der Waals surface area contributed by atoms with E-state index in [1.165, 1.54) is 7.11 Å². The second kappa shape index (κ2) is 8.86. The Balaban J connectivity index is 1.45. The second-order valence-corrected chi connectivity index (χ2v) is 10.7. The molecule has 0 spiro atoms. The topological polar surface area (TPSA) is 94.9 Å². The molecule has 35 heavy (non-hydrogen) atoms. The van der Waals surface area contributed by atoms with E-state index in [0.29, 0.717) is 12.5 Å². The van der Waals surface area contributed by atoms with E-state index in [1.807, 2.05) is 50.7 Å². The molecule has 9 nitrogen and oxygen atoms in total. The number of carbonyl (C=O) groups excluding carboxylic acids is 2. The van der Waals surface area contributed by atoms with E-state index in [1.54, 1.807) is 4.90 Å². The highest BCUT2D eigenvalue weighted by Crippen LogP contribution is 2.45. The zero-order valence-corrected chi connectivity index (χ0v) is 21.0. The zero-order valence-electron chi connectivity index (χ0n) is 21.0. The smallest absolute Gasteiger partial charge is 0.414 e. The third kappa shape index (κ3) is 4.74. The first kappa shape index (κ1) is 23.7. The van der Waals surface area contributed by atoms with Crippen molar-refractivity contribution in [3.63, 3.8) is 0 Å². The summed E-state index contributed by atoms with van der Waals surface area (Å²) in [4.78, 5) is 26.7. The van der Waals surface area contributed by atoms with Crippen LogP contribution in [0.25, 0.3) is 11.1 Å². The summed E-state index contributed by atoms with van der Waals surface area (Å²) < 4.78 is 19.1. The fourth-order valence-corrected chi connectivity index (χ4v) is 4.73. The molecule has 1 amide bonds. The number of ether oxygens (including phenoxy) is 3. The number of amides is 1. The molecule has 1 aromatic carbocycles. The molecule has 3 heterocycles. The maximum absolute atomic E-state index is 12.6. The average molecular weight is 483 g/mol. The van der Waals surface area contributed by atoms with Crippen LogP contribution in [-0.4, -0.2) is 52.9 Å². The number of fused-ring (bicyclic) bond motifs is 1. The molecule has 188 valence electrons. The number of hydrogen-bond donors (Lipinski definition) is 1. The predicted octanol–water partition coefficient (Wildman–Crippen LogP) is 4.20. The van der Waals surface area contributed by atoms with Gasteiger partial charge < -0.3 is 14.2 Å². The Kier molecular flexibility index (Phi) is 5.99. The maximum Gasteiger partial charge on any atom is 0.414 e. The summed E-state index contributed by atoms with van der Waals surface area (Å²) >= 11 is 0. The van der Waals surface area contributed by atoms with Crippen LogP contribution in [0, 0.1) is 0 Å². The minimum atomic E-state index is -0.536. The van der Waals surface area contributed by atoms with E-state index in [0.717, 1.165) is 53.8 Å². The van der Waals surface area contributed by atoms with E-state index in [9.17, 15) is 9.59 Å². The van der Waals surface area contributed by atoms with Gasteiger partial charge in [0.2, 0.25) is 0 Å². The molecule has 0 bridgehead atoms. The molecule has 5 rings (SSSR count). The molecule has 2 aliphatic heterocycles. The van der Waals surface area contributed by atoms with Gasteiger partial charge in [-0.1, -0.05) is 0 Å².